The van der Waals surface area contributed by atoms with Crippen molar-refractivity contribution in [1.82, 2.24) is 15.0 Å². The second-order valence-corrected chi connectivity index (χ2v) is 28.2. The number of hydrogen-bond acceptors (Lipinski definition) is 5. The van der Waals surface area contributed by atoms with Crippen molar-refractivity contribution in [3.63, 3.8) is 0 Å². The molecule has 2 aliphatic rings. The summed E-state index contributed by atoms with van der Waals surface area (Å²) in [6.07, 6.45) is 0. The fourth-order valence-corrected chi connectivity index (χ4v) is 13.1. The van der Waals surface area contributed by atoms with Gasteiger partial charge in [0.25, 0.3) is 6.71 Å². The summed E-state index contributed by atoms with van der Waals surface area (Å²) in [5.74, 6) is 1.84. The molecule has 0 unspecified atom stereocenters. The summed E-state index contributed by atoms with van der Waals surface area (Å²) in [6, 6.07) is 85.7. The Morgan fingerprint density at radius 2 is 0.644 bits per heavy atom. The minimum atomic E-state index is -0.189. The van der Waals surface area contributed by atoms with E-state index < -0.39 is 0 Å². The van der Waals surface area contributed by atoms with Crippen LogP contribution >= 0.6 is 0 Å². The molecule has 14 rings (SSSR count). The molecule has 0 saturated carbocycles. The lowest BCUT2D eigenvalue weighted by molar-refractivity contribution is 0.568. The van der Waals surface area contributed by atoms with E-state index in [-0.39, 0.29) is 28.4 Å². The Balaban J connectivity index is 1.15. The van der Waals surface area contributed by atoms with Gasteiger partial charge in [-0.2, -0.15) is 0 Å². The highest BCUT2D eigenvalue weighted by Crippen LogP contribution is 2.50. The highest BCUT2D eigenvalue weighted by atomic mass is 15.2. The summed E-state index contributed by atoms with van der Waals surface area (Å²) in [6.45, 7) is 27.9. The number of fused-ring (bicyclic) bond motifs is 6. The van der Waals surface area contributed by atoms with Crippen molar-refractivity contribution < 1.29 is 0 Å². The van der Waals surface area contributed by atoms with Gasteiger partial charge in [0.1, 0.15) is 0 Å². The lowest BCUT2D eigenvalue weighted by Gasteiger charge is -2.45. The maximum Gasteiger partial charge on any atom is 0.252 e. The quantitative estimate of drug-likeness (QED) is 0.149. The van der Waals surface area contributed by atoms with Gasteiger partial charge in [-0.1, -0.05) is 265 Å². The van der Waals surface area contributed by atoms with Crippen molar-refractivity contribution in [2.24, 2.45) is 0 Å². The molecule has 11 aromatic carbocycles. The molecule has 0 atom stereocenters. The lowest BCUT2D eigenvalue weighted by Crippen LogP contribution is -2.61. The standard InChI is InChI=1S/C81H74BN5/c1-78(2,3)58-45-59(79(4,5)6)48-62(47-58)86-70-39-37-55(51-25-15-13-16-26-51)41-68(70)82-69-42-56(52-27-17-14-18-28-52)38-40-71(69)87(63-49-60(80(7,8)9)46-61(50-63)81(10,11)12)73-44-57(43-72(86)74(73)82)75-83-76(66-35-23-31-53-29-19-21-33-64(53)66)85-77(84-75)67-36-24-32-54-30-20-22-34-65(54)67/h13-50H,1-12H3. The summed E-state index contributed by atoms with van der Waals surface area (Å²) in [5, 5.41) is 4.42. The molecule has 426 valence electrons. The lowest BCUT2D eigenvalue weighted by atomic mass is 9.33. The van der Waals surface area contributed by atoms with Gasteiger partial charge in [-0.3, -0.25) is 0 Å². The molecule has 0 amide bonds. The van der Waals surface area contributed by atoms with Crippen molar-refractivity contribution in [3.8, 4) is 56.4 Å². The molecule has 0 saturated heterocycles. The minimum absolute atomic E-state index is 0.150. The Hall–Kier alpha value is -9.39. The second kappa shape index (κ2) is 20.7. The number of anilines is 6. The van der Waals surface area contributed by atoms with Gasteiger partial charge in [0.15, 0.2) is 17.5 Å². The summed E-state index contributed by atoms with van der Waals surface area (Å²) < 4.78 is 0. The molecular weight excluding hydrogens is 1050 g/mol. The minimum Gasteiger partial charge on any atom is -0.311 e. The molecule has 87 heavy (non-hydrogen) atoms. The largest absolute Gasteiger partial charge is 0.311 e. The summed E-state index contributed by atoms with van der Waals surface area (Å²) in [7, 11) is 0. The molecule has 1 aromatic heterocycles. The van der Waals surface area contributed by atoms with Gasteiger partial charge in [-0.05, 0) is 153 Å². The molecule has 2 aliphatic heterocycles. The monoisotopic (exact) mass is 1130 g/mol. The van der Waals surface area contributed by atoms with E-state index in [0.717, 1.165) is 72.4 Å². The Bertz CT molecular complexity index is 4320. The number of rotatable bonds is 7. The third-order valence-electron chi connectivity index (χ3n) is 18.1. The van der Waals surface area contributed by atoms with Crippen LogP contribution in [0.2, 0.25) is 0 Å². The normalized spacial score (nSPS) is 13.2. The van der Waals surface area contributed by atoms with Crippen LogP contribution in [0.1, 0.15) is 105 Å². The molecule has 12 aromatic rings. The van der Waals surface area contributed by atoms with Crippen LogP contribution in [0.4, 0.5) is 34.1 Å². The van der Waals surface area contributed by atoms with Crippen molar-refractivity contribution in [1.29, 1.82) is 0 Å². The van der Waals surface area contributed by atoms with Gasteiger partial charge in [0, 0.05) is 50.8 Å². The molecule has 5 nitrogen and oxygen atoms in total. The zero-order valence-corrected chi connectivity index (χ0v) is 52.3. The molecule has 0 bridgehead atoms. The maximum absolute atomic E-state index is 5.69. The number of hydrogen-bond donors (Lipinski definition) is 0. The van der Waals surface area contributed by atoms with Gasteiger partial charge in [0.05, 0.1) is 0 Å². The topological polar surface area (TPSA) is 45.2 Å². The van der Waals surface area contributed by atoms with Crippen LogP contribution in [-0.2, 0) is 21.7 Å². The second-order valence-electron chi connectivity index (χ2n) is 28.2. The molecule has 3 heterocycles. The number of nitrogens with zero attached hydrogens (tertiary/aromatic N) is 5. The Morgan fingerprint density at radius 3 is 1.03 bits per heavy atom. The van der Waals surface area contributed by atoms with E-state index >= 15 is 0 Å². The van der Waals surface area contributed by atoms with E-state index in [2.05, 4.69) is 323 Å². The zero-order chi connectivity index (χ0) is 60.3. The van der Waals surface area contributed by atoms with Crippen LogP contribution in [-0.4, -0.2) is 21.7 Å². The maximum atomic E-state index is 5.69. The molecule has 0 fully saturated rings. The average Bonchev–Trinajstić information content (AvgIpc) is 0.700. The number of benzene rings is 11. The molecule has 0 radical (unpaired) electrons. The Kier molecular flexibility index (Phi) is 13.2. The predicted molar refractivity (Wildman–Crippen MR) is 371 cm³/mol. The Labute approximate surface area is 514 Å². The van der Waals surface area contributed by atoms with Gasteiger partial charge >= 0.3 is 0 Å². The zero-order valence-electron chi connectivity index (χ0n) is 52.3. The van der Waals surface area contributed by atoms with E-state index in [4.69, 9.17) is 15.0 Å². The first-order valence-corrected chi connectivity index (χ1v) is 30.9. The fourth-order valence-electron chi connectivity index (χ4n) is 13.1. The average molecular weight is 1130 g/mol. The van der Waals surface area contributed by atoms with Crippen LogP contribution < -0.4 is 26.2 Å². The highest BCUT2D eigenvalue weighted by molar-refractivity contribution is 7.00. The van der Waals surface area contributed by atoms with Gasteiger partial charge in [-0.25, -0.2) is 15.0 Å². The van der Waals surface area contributed by atoms with Crippen molar-refractivity contribution in [3.05, 3.63) is 253 Å². The van der Waals surface area contributed by atoms with Gasteiger partial charge < -0.3 is 9.80 Å². The molecule has 0 spiro atoms. The first kappa shape index (κ1) is 55.5. The first-order chi connectivity index (χ1) is 41.6. The van der Waals surface area contributed by atoms with Gasteiger partial charge in [0.2, 0.25) is 0 Å². The fraction of sp³-hybridized carbons (Fsp3) is 0.198. The first-order valence-electron chi connectivity index (χ1n) is 30.9. The molecule has 0 aliphatic carbocycles. The van der Waals surface area contributed by atoms with Crippen LogP contribution in [0, 0.1) is 0 Å². The van der Waals surface area contributed by atoms with E-state index in [1.54, 1.807) is 0 Å². The summed E-state index contributed by atoms with van der Waals surface area (Å²) >= 11 is 0. The third-order valence-corrected chi connectivity index (χ3v) is 18.1. The molecule has 6 heteroatoms. The molecular formula is C81H74BN5. The van der Waals surface area contributed by atoms with E-state index in [9.17, 15) is 0 Å². The van der Waals surface area contributed by atoms with Crippen molar-refractivity contribution >= 4 is 78.8 Å². The highest BCUT2D eigenvalue weighted by Gasteiger charge is 2.45. The van der Waals surface area contributed by atoms with Crippen LogP contribution in [0.5, 0.6) is 0 Å². The smallest absolute Gasteiger partial charge is 0.252 e. The summed E-state index contributed by atoms with van der Waals surface area (Å²) in [5.41, 5.74) is 22.4. The predicted octanol–water partition coefficient (Wildman–Crippen LogP) is 19.8. The summed E-state index contributed by atoms with van der Waals surface area (Å²) in [4.78, 5) is 22.0. The number of aromatic nitrogens is 3. The van der Waals surface area contributed by atoms with Crippen molar-refractivity contribution in [2.45, 2.75) is 105 Å². The Morgan fingerprint density at radius 1 is 0.287 bits per heavy atom. The van der Waals surface area contributed by atoms with E-state index in [1.165, 1.54) is 60.9 Å². The SMILES string of the molecule is CC(C)(C)c1cc(N2c3ccc(-c4ccccc4)cc3B3c4cc(-c5ccccc5)ccc4N(c4cc(C(C)(C)C)cc(C(C)(C)C)c4)c4cc(-c5nc(-c6cccc7ccccc67)nc(-c6cccc7ccccc67)n5)cc2c43)cc(C(C)(C)C)c1. The molecule has 0 N–H and O–H groups in total. The van der Waals surface area contributed by atoms with E-state index in [0.29, 0.717) is 17.5 Å². The van der Waals surface area contributed by atoms with E-state index in [1.807, 2.05) is 0 Å². The van der Waals surface area contributed by atoms with Crippen LogP contribution in [0.3, 0.4) is 0 Å². The van der Waals surface area contributed by atoms with Gasteiger partial charge in [-0.15, -0.1) is 0 Å². The third kappa shape index (κ3) is 9.99. The van der Waals surface area contributed by atoms with Crippen LogP contribution in [0.15, 0.2) is 231 Å². The van der Waals surface area contributed by atoms with Crippen LogP contribution in [0.25, 0.3) is 78.0 Å². The van der Waals surface area contributed by atoms with Crippen molar-refractivity contribution in [2.75, 3.05) is 9.80 Å².